The molecule has 0 bridgehead atoms. The van der Waals surface area contributed by atoms with Crippen LogP contribution in [0.15, 0.2) is 24.3 Å². The molecule has 21 heavy (non-hydrogen) atoms. The minimum atomic E-state index is -1.05. The number of aliphatic carboxylic acids is 1. The number of rotatable bonds is 4. The van der Waals surface area contributed by atoms with Crippen LogP contribution < -0.4 is 5.32 Å². The van der Waals surface area contributed by atoms with Gasteiger partial charge in [0.25, 0.3) is 0 Å². The molecule has 2 N–H and O–H groups in total. The molecule has 1 unspecified atom stereocenters. The summed E-state index contributed by atoms with van der Waals surface area (Å²) in [6.07, 6.45) is 0. The molecule has 0 aromatic heterocycles. The van der Waals surface area contributed by atoms with Crippen molar-refractivity contribution in [2.45, 2.75) is 33.4 Å². The second-order valence-corrected chi connectivity index (χ2v) is 6.44. The highest BCUT2D eigenvalue weighted by atomic mass is 35.5. The number of urea groups is 1. The third kappa shape index (κ3) is 4.93. The van der Waals surface area contributed by atoms with Crippen molar-refractivity contribution in [3.05, 3.63) is 34.9 Å². The van der Waals surface area contributed by atoms with Gasteiger partial charge in [-0.3, -0.25) is 0 Å². The van der Waals surface area contributed by atoms with Gasteiger partial charge in [0.15, 0.2) is 0 Å². The molecular weight excluding hydrogens is 292 g/mol. The lowest BCUT2D eigenvalue weighted by molar-refractivity contribution is -0.142. The number of carbonyl (C=O) groups is 2. The van der Waals surface area contributed by atoms with E-state index < -0.39 is 23.5 Å². The fraction of sp³-hybridized carbons (Fsp3) is 0.467. The summed E-state index contributed by atoms with van der Waals surface area (Å²) in [4.78, 5) is 24.8. The van der Waals surface area contributed by atoms with Crippen molar-refractivity contribution in [1.82, 2.24) is 10.2 Å². The van der Waals surface area contributed by atoms with Gasteiger partial charge < -0.3 is 15.3 Å². The van der Waals surface area contributed by atoms with Crippen LogP contribution in [0.2, 0.25) is 5.02 Å². The third-order valence-corrected chi connectivity index (χ3v) is 3.46. The smallest absolute Gasteiger partial charge is 0.326 e. The van der Waals surface area contributed by atoms with E-state index in [1.54, 1.807) is 33.9 Å². The van der Waals surface area contributed by atoms with E-state index >= 15 is 0 Å². The minimum Gasteiger partial charge on any atom is -0.480 e. The SMILES string of the molecule is CN(Cc1ccccc1Cl)C(=O)NC(C(=O)O)C(C)(C)C. The van der Waals surface area contributed by atoms with Crippen LogP contribution in [0, 0.1) is 5.41 Å². The van der Waals surface area contributed by atoms with E-state index in [0.29, 0.717) is 11.6 Å². The number of nitrogens with zero attached hydrogens (tertiary/aromatic N) is 1. The Morgan fingerprint density at radius 3 is 2.38 bits per heavy atom. The average Bonchev–Trinajstić information content (AvgIpc) is 2.36. The van der Waals surface area contributed by atoms with E-state index in [-0.39, 0.29) is 0 Å². The zero-order valence-corrected chi connectivity index (χ0v) is 13.4. The van der Waals surface area contributed by atoms with Crippen LogP contribution in [-0.2, 0) is 11.3 Å². The summed E-state index contributed by atoms with van der Waals surface area (Å²) in [6.45, 7) is 5.60. The lowest BCUT2D eigenvalue weighted by atomic mass is 9.87. The minimum absolute atomic E-state index is 0.308. The van der Waals surface area contributed by atoms with Crippen molar-refractivity contribution in [3.8, 4) is 0 Å². The van der Waals surface area contributed by atoms with Gasteiger partial charge >= 0.3 is 12.0 Å². The Bertz CT molecular complexity index is 526. The molecular formula is C15H21ClN2O3. The molecule has 1 rings (SSSR count). The van der Waals surface area contributed by atoms with Crippen LogP contribution in [0.25, 0.3) is 0 Å². The lowest BCUT2D eigenvalue weighted by Crippen LogP contribution is -2.52. The van der Waals surface area contributed by atoms with Gasteiger partial charge in [0.2, 0.25) is 0 Å². The molecule has 0 aliphatic heterocycles. The largest absolute Gasteiger partial charge is 0.480 e. The number of carbonyl (C=O) groups excluding carboxylic acids is 1. The van der Waals surface area contributed by atoms with Crippen LogP contribution in [0.4, 0.5) is 4.79 Å². The van der Waals surface area contributed by atoms with Crippen LogP contribution in [0.1, 0.15) is 26.3 Å². The highest BCUT2D eigenvalue weighted by Gasteiger charge is 2.33. The number of benzene rings is 1. The quantitative estimate of drug-likeness (QED) is 0.898. The molecule has 5 nitrogen and oxygen atoms in total. The first kappa shape index (κ1) is 17.3. The molecule has 1 aromatic carbocycles. The molecule has 6 heteroatoms. The van der Waals surface area contributed by atoms with Crippen molar-refractivity contribution in [2.75, 3.05) is 7.05 Å². The number of amides is 2. The molecule has 0 heterocycles. The van der Waals surface area contributed by atoms with Crippen molar-refractivity contribution in [2.24, 2.45) is 5.41 Å². The first-order valence-corrected chi connectivity index (χ1v) is 6.98. The van der Waals surface area contributed by atoms with Crippen molar-refractivity contribution >= 4 is 23.6 Å². The molecule has 0 fully saturated rings. The van der Waals surface area contributed by atoms with Crippen LogP contribution >= 0.6 is 11.6 Å². The van der Waals surface area contributed by atoms with Gasteiger partial charge in [0.05, 0.1) is 0 Å². The molecule has 1 atom stereocenters. The Labute approximate surface area is 129 Å². The summed E-state index contributed by atoms with van der Waals surface area (Å²) >= 11 is 6.05. The average molecular weight is 313 g/mol. The summed E-state index contributed by atoms with van der Waals surface area (Å²) in [5.74, 6) is -1.05. The number of hydrogen-bond acceptors (Lipinski definition) is 2. The maximum Gasteiger partial charge on any atom is 0.326 e. The molecule has 0 radical (unpaired) electrons. The molecule has 0 spiro atoms. The maximum absolute atomic E-state index is 12.1. The van der Waals surface area contributed by atoms with E-state index in [4.69, 9.17) is 11.6 Å². The van der Waals surface area contributed by atoms with Crippen LogP contribution in [-0.4, -0.2) is 35.1 Å². The first-order chi connectivity index (χ1) is 9.62. The molecule has 0 aliphatic carbocycles. The summed E-state index contributed by atoms with van der Waals surface area (Å²) in [7, 11) is 1.60. The van der Waals surface area contributed by atoms with Gasteiger partial charge in [-0.1, -0.05) is 50.6 Å². The van der Waals surface area contributed by atoms with Gasteiger partial charge in [-0.2, -0.15) is 0 Å². The van der Waals surface area contributed by atoms with Gasteiger partial charge in [0.1, 0.15) is 6.04 Å². The van der Waals surface area contributed by atoms with Gasteiger partial charge in [-0.25, -0.2) is 9.59 Å². The molecule has 2 amide bonds. The third-order valence-electron chi connectivity index (χ3n) is 3.09. The number of carboxylic acids is 1. The monoisotopic (exact) mass is 312 g/mol. The highest BCUT2D eigenvalue weighted by Crippen LogP contribution is 2.20. The van der Waals surface area contributed by atoms with Gasteiger partial charge in [-0.15, -0.1) is 0 Å². The summed E-state index contributed by atoms with van der Waals surface area (Å²) in [5, 5.41) is 12.3. The van der Waals surface area contributed by atoms with E-state index in [0.717, 1.165) is 5.56 Å². The standard InChI is InChI=1S/C15H21ClN2O3/c1-15(2,3)12(13(19)20)17-14(21)18(4)9-10-7-5-6-8-11(10)16/h5-8,12H,9H2,1-4H3,(H,17,21)(H,19,20). The van der Waals surface area contributed by atoms with Crippen LogP contribution in [0.5, 0.6) is 0 Å². The molecule has 0 saturated heterocycles. The zero-order chi connectivity index (χ0) is 16.2. The Hall–Kier alpha value is -1.75. The van der Waals surface area contributed by atoms with Crippen molar-refractivity contribution in [1.29, 1.82) is 0 Å². The predicted molar refractivity (Wildman–Crippen MR) is 82.3 cm³/mol. The lowest BCUT2D eigenvalue weighted by Gasteiger charge is -2.29. The Kier molecular flexibility index (Phi) is 5.61. The summed E-state index contributed by atoms with van der Waals surface area (Å²) < 4.78 is 0. The molecule has 116 valence electrons. The highest BCUT2D eigenvalue weighted by molar-refractivity contribution is 6.31. The Morgan fingerprint density at radius 1 is 1.33 bits per heavy atom. The van der Waals surface area contributed by atoms with E-state index in [9.17, 15) is 14.7 Å². The number of hydrogen-bond donors (Lipinski definition) is 2. The maximum atomic E-state index is 12.1. The normalized spacial score (nSPS) is 12.6. The Balaban J connectivity index is 2.75. The molecule has 0 aliphatic rings. The van der Waals surface area contributed by atoms with E-state index in [1.807, 2.05) is 18.2 Å². The number of nitrogens with one attached hydrogen (secondary N) is 1. The first-order valence-electron chi connectivity index (χ1n) is 6.60. The predicted octanol–water partition coefficient (Wildman–Crippen LogP) is 2.98. The Morgan fingerprint density at radius 2 is 1.90 bits per heavy atom. The zero-order valence-electron chi connectivity index (χ0n) is 12.7. The van der Waals surface area contributed by atoms with Gasteiger partial charge in [-0.05, 0) is 17.0 Å². The fourth-order valence-electron chi connectivity index (χ4n) is 1.84. The van der Waals surface area contributed by atoms with E-state index in [1.165, 1.54) is 4.90 Å². The van der Waals surface area contributed by atoms with E-state index in [2.05, 4.69) is 5.32 Å². The van der Waals surface area contributed by atoms with Gasteiger partial charge in [0, 0.05) is 18.6 Å². The fourth-order valence-corrected chi connectivity index (χ4v) is 2.03. The molecule has 1 aromatic rings. The topological polar surface area (TPSA) is 69.6 Å². The summed E-state index contributed by atoms with van der Waals surface area (Å²) in [5.41, 5.74) is 0.228. The van der Waals surface area contributed by atoms with Crippen molar-refractivity contribution < 1.29 is 14.7 Å². The molecule has 0 saturated carbocycles. The second-order valence-electron chi connectivity index (χ2n) is 6.03. The van der Waals surface area contributed by atoms with Crippen molar-refractivity contribution in [3.63, 3.8) is 0 Å². The number of halogens is 1. The number of carboxylic acid groups (broad SMARTS) is 1. The second kappa shape index (κ2) is 6.80. The summed E-state index contributed by atoms with van der Waals surface area (Å²) in [6, 6.07) is 5.81. The van der Waals surface area contributed by atoms with Crippen LogP contribution in [0.3, 0.4) is 0 Å².